The number of hydrogen-bond donors (Lipinski definition) is 1. The van der Waals surface area contributed by atoms with Crippen LogP contribution in [0.1, 0.15) is 56.2 Å². The molecule has 3 rings (SSSR count). The second-order valence-electron chi connectivity index (χ2n) is 8.58. The van der Waals surface area contributed by atoms with E-state index in [-0.39, 0.29) is 11.5 Å². The number of nitrogens with zero attached hydrogens (tertiary/aromatic N) is 1. The summed E-state index contributed by atoms with van der Waals surface area (Å²) in [6.45, 7) is 6.91. The standard InChI is InChI=1S/C25H25F3N2O3S/c1-14(2)18-8-17(26)9-20(16-6-5-7-29-13-16)21(18)11-25(31)30-34(32,33)24-10-19(15(3)4)22(27)12-23(24)28/h5-10,12-15H,11H2,1-4H3,(H,30,31). The molecule has 0 atom stereocenters. The molecule has 0 fully saturated rings. The van der Waals surface area contributed by atoms with E-state index in [4.69, 9.17) is 0 Å². The first-order valence-corrected chi connectivity index (χ1v) is 12.2. The smallest absolute Gasteiger partial charge is 0.266 e. The molecule has 0 aliphatic rings. The second-order valence-corrected chi connectivity index (χ2v) is 10.2. The van der Waals surface area contributed by atoms with Crippen LogP contribution in [0.15, 0.2) is 53.7 Å². The van der Waals surface area contributed by atoms with Gasteiger partial charge in [-0.3, -0.25) is 9.78 Å². The normalized spacial score (nSPS) is 11.8. The first-order chi connectivity index (χ1) is 15.9. The van der Waals surface area contributed by atoms with E-state index in [1.807, 2.05) is 18.6 Å². The molecule has 0 spiro atoms. The van der Waals surface area contributed by atoms with Crippen LogP contribution < -0.4 is 4.72 Å². The Labute approximate surface area is 197 Å². The summed E-state index contributed by atoms with van der Waals surface area (Å²) < 4.78 is 70.2. The zero-order valence-corrected chi connectivity index (χ0v) is 20.0. The summed E-state index contributed by atoms with van der Waals surface area (Å²) in [7, 11) is -4.63. The second kappa shape index (κ2) is 9.97. The number of pyridine rings is 1. The number of carbonyl (C=O) groups is 1. The molecule has 2 aromatic carbocycles. The summed E-state index contributed by atoms with van der Waals surface area (Å²) in [5, 5.41) is 0. The predicted molar refractivity (Wildman–Crippen MR) is 123 cm³/mol. The van der Waals surface area contributed by atoms with Crippen molar-refractivity contribution in [2.75, 3.05) is 0 Å². The lowest BCUT2D eigenvalue weighted by Crippen LogP contribution is -2.33. The van der Waals surface area contributed by atoms with Gasteiger partial charge in [0.1, 0.15) is 22.3 Å². The van der Waals surface area contributed by atoms with Crippen LogP contribution in [0.5, 0.6) is 0 Å². The molecule has 1 heterocycles. The molecule has 9 heteroatoms. The van der Waals surface area contributed by atoms with Crippen molar-refractivity contribution in [3.63, 3.8) is 0 Å². The zero-order valence-electron chi connectivity index (χ0n) is 19.2. The lowest BCUT2D eigenvalue weighted by molar-refractivity contribution is -0.118. The Kier molecular flexibility index (Phi) is 7.45. The quantitative estimate of drug-likeness (QED) is 0.477. The molecular formula is C25H25F3N2O3S. The third-order valence-electron chi connectivity index (χ3n) is 5.39. The highest BCUT2D eigenvalue weighted by atomic mass is 32.2. The van der Waals surface area contributed by atoms with E-state index in [2.05, 4.69) is 4.98 Å². The maximum Gasteiger partial charge on any atom is 0.266 e. The summed E-state index contributed by atoms with van der Waals surface area (Å²) in [5.41, 5.74) is 1.93. The lowest BCUT2D eigenvalue weighted by atomic mass is 9.88. The van der Waals surface area contributed by atoms with Crippen molar-refractivity contribution in [3.8, 4) is 11.1 Å². The van der Waals surface area contributed by atoms with Crippen molar-refractivity contribution in [3.05, 3.63) is 82.9 Å². The molecule has 3 aromatic rings. The van der Waals surface area contributed by atoms with Crippen molar-refractivity contribution >= 4 is 15.9 Å². The number of carbonyl (C=O) groups excluding carboxylic acids is 1. The maximum absolute atomic E-state index is 14.4. The minimum atomic E-state index is -4.63. The molecule has 0 unspecified atom stereocenters. The Bertz CT molecular complexity index is 1320. The fraction of sp³-hybridized carbons (Fsp3) is 0.280. The summed E-state index contributed by atoms with van der Waals surface area (Å²) in [5.74, 6) is -4.19. The van der Waals surface area contributed by atoms with Gasteiger partial charge in [0.25, 0.3) is 10.0 Å². The molecule has 0 saturated heterocycles. The number of amides is 1. The van der Waals surface area contributed by atoms with Crippen molar-refractivity contribution in [2.45, 2.75) is 50.8 Å². The molecule has 0 aliphatic carbocycles. The number of hydrogen-bond acceptors (Lipinski definition) is 4. The van der Waals surface area contributed by atoms with Gasteiger partial charge < -0.3 is 0 Å². The average Bonchev–Trinajstić information content (AvgIpc) is 2.74. The van der Waals surface area contributed by atoms with E-state index >= 15 is 0 Å². The fourth-order valence-electron chi connectivity index (χ4n) is 3.74. The highest BCUT2D eigenvalue weighted by Crippen LogP contribution is 2.32. The topological polar surface area (TPSA) is 76.1 Å². The Morgan fingerprint density at radius 1 is 0.971 bits per heavy atom. The van der Waals surface area contributed by atoms with E-state index in [1.54, 1.807) is 32.2 Å². The third-order valence-corrected chi connectivity index (χ3v) is 6.78. The van der Waals surface area contributed by atoms with Gasteiger partial charge in [-0.2, -0.15) is 0 Å². The van der Waals surface area contributed by atoms with Crippen LogP contribution in [-0.2, 0) is 21.2 Å². The average molecular weight is 491 g/mol. The summed E-state index contributed by atoms with van der Waals surface area (Å²) in [6, 6.07) is 7.30. The molecule has 1 aromatic heterocycles. The third kappa shape index (κ3) is 5.47. The molecule has 34 heavy (non-hydrogen) atoms. The van der Waals surface area contributed by atoms with Gasteiger partial charge in [0.05, 0.1) is 6.42 Å². The summed E-state index contributed by atoms with van der Waals surface area (Å²) >= 11 is 0. The highest BCUT2D eigenvalue weighted by Gasteiger charge is 2.26. The molecule has 0 saturated carbocycles. The van der Waals surface area contributed by atoms with Gasteiger partial charge in [0.15, 0.2) is 0 Å². The Morgan fingerprint density at radius 3 is 2.24 bits per heavy atom. The first kappa shape index (κ1) is 25.4. The van der Waals surface area contributed by atoms with Crippen molar-refractivity contribution in [2.24, 2.45) is 0 Å². The van der Waals surface area contributed by atoms with Gasteiger partial charge in [0, 0.05) is 24.0 Å². The molecule has 5 nitrogen and oxygen atoms in total. The molecule has 0 aliphatic heterocycles. The zero-order chi connectivity index (χ0) is 25.2. The summed E-state index contributed by atoms with van der Waals surface area (Å²) in [4.78, 5) is 16.1. The number of halogens is 3. The minimum absolute atomic E-state index is 0.00807. The molecule has 180 valence electrons. The van der Waals surface area contributed by atoms with Gasteiger partial charge in [-0.1, -0.05) is 33.8 Å². The minimum Gasteiger partial charge on any atom is -0.274 e. The Balaban J connectivity index is 2.00. The van der Waals surface area contributed by atoms with Crippen molar-refractivity contribution in [1.82, 2.24) is 9.71 Å². The number of benzene rings is 2. The van der Waals surface area contributed by atoms with Crippen LogP contribution in [0.4, 0.5) is 13.2 Å². The van der Waals surface area contributed by atoms with Gasteiger partial charge in [-0.25, -0.2) is 26.3 Å². The molecular weight excluding hydrogens is 465 g/mol. The maximum atomic E-state index is 14.4. The Morgan fingerprint density at radius 2 is 1.65 bits per heavy atom. The van der Waals surface area contributed by atoms with Crippen LogP contribution in [-0.4, -0.2) is 19.3 Å². The number of rotatable bonds is 7. The van der Waals surface area contributed by atoms with Crippen LogP contribution >= 0.6 is 0 Å². The van der Waals surface area contributed by atoms with Gasteiger partial charge in [-0.05, 0) is 58.4 Å². The van der Waals surface area contributed by atoms with Gasteiger partial charge in [-0.15, -0.1) is 0 Å². The molecule has 1 amide bonds. The van der Waals surface area contributed by atoms with E-state index in [0.717, 1.165) is 6.07 Å². The highest BCUT2D eigenvalue weighted by molar-refractivity contribution is 7.90. The molecule has 0 bridgehead atoms. The predicted octanol–water partition coefficient (Wildman–Crippen LogP) is 5.46. The first-order valence-electron chi connectivity index (χ1n) is 10.7. The lowest BCUT2D eigenvalue weighted by Gasteiger charge is -2.18. The Hall–Kier alpha value is -3.20. The number of aromatic nitrogens is 1. The van der Waals surface area contributed by atoms with Crippen molar-refractivity contribution in [1.29, 1.82) is 0 Å². The molecule has 0 radical (unpaired) electrons. The van der Waals surface area contributed by atoms with E-state index in [1.165, 1.54) is 18.3 Å². The van der Waals surface area contributed by atoms with Gasteiger partial charge in [0.2, 0.25) is 5.91 Å². The largest absolute Gasteiger partial charge is 0.274 e. The van der Waals surface area contributed by atoms with E-state index in [9.17, 15) is 26.4 Å². The van der Waals surface area contributed by atoms with E-state index < -0.39 is 50.6 Å². The van der Waals surface area contributed by atoms with Crippen LogP contribution in [0.25, 0.3) is 11.1 Å². The summed E-state index contributed by atoms with van der Waals surface area (Å²) in [6.07, 6.45) is 2.66. The van der Waals surface area contributed by atoms with Crippen LogP contribution in [0.3, 0.4) is 0 Å². The fourth-order valence-corrected chi connectivity index (χ4v) is 4.82. The number of sulfonamides is 1. The van der Waals surface area contributed by atoms with Crippen LogP contribution in [0, 0.1) is 17.5 Å². The van der Waals surface area contributed by atoms with Gasteiger partial charge >= 0.3 is 0 Å². The van der Waals surface area contributed by atoms with Crippen molar-refractivity contribution < 1.29 is 26.4 Å². The van der Waals surface area contributed by atoms with E-state index in [0.29, 0.717) is 28.3 Å². The monoisotopic (exact) mass is 490 g/mol. The molecule has 1 N–H and O–H groups in total. The number of nitrogens with one attached hydrogen (secondary N) is 1. The van der Waals surface area contributed by atoms with Crippen LogP contribution in [0.2, 0.25) is 0 Å². The SMILES string of the molecule is CC(C)c1cc(S(=O)(=O)NC(=O)Cc2c(-c3cccnc3)cc(F)cc2C(C)C)c(F)cc1F.